The van der Waals surface area contributed by atoms with Crippen molar-refractivity contribution >= 4 is 17.1 Å². The van der Waals surface area contributed by atoms with Crippen LogP contribution in [0.3, 0.4) is 0 Å². The fourth-order valence-corrected chi connectivity index (χ4v) is 2.10. The number of allylic oxidation sites excluding steroid dienone is 1. The van der Waals surface area contributed by atoms with E-state index in [0.717, 1.165) is 22.0 Å². The van der Waals surface area contributed by atoms with Gasteiger partial charge in [0.1, 0.15) is 5.01 Å². The van der Waals surface area contributed by atoms with E-state index in [1.165, 1.54) is 11.5 Å². The number of hydrogen-bond acceptors (Lipinski definition) is 3. The first-order valence-electron chi connectivity index (χ1n) is 5.27. The SMILES string of the molecule is C=C(c1nc(-c2ccccc2)ns1)C(C)C. The largest absolute Gasteiger partial charge is 0.215 e. The lowest BCUT2D eigenvalue weighted by atomic mass is 10.1. The summed E-state index contributed by atoms with van der Waals surface area (Å²) in [6.45, 7) is 8.27. The standard InChI is InChI=1S/C13H14N2S/c1-9(2)10(3)13-14-12(15-16-13)11-7-5-4-6-8-11/h4-9H,3H2,1-2H3. The van der Waals surface area contributed by atoms with Crippen LogP contribution in [0.2, 0.25) is 0 Å². The third kappa shape index (κ3) is 2.19. The molecule has 1 aromatic carbocycles. The minimum atomic E-state index is 0.413. The van der Waals surface area contributed by atoms with E-state index in [-0.39, 0.29) is 0 Å². The van der Waals surface area contributed by atoms with Crippen molar-refractivity contribution in [3.05, 3.63) is 41.9 Å². The van der Waals surface area contributed by atoms with Gasteiger partial charge in [0.15, 0.2) is 5.82 Å². The molecule has 0 aliphatic rings. The molecule has 3 heteroatoms. The van der Waals surface area contributed by atoms with Crippen molar-refractivity contribution in [3.8, 4) is 11.4 Å². The molecular weight excluding hydrogens is 216 g/mol. The molecule has 1 heterocycles. The summed E-state index contributed by atoms with van der Waals surface area (Å²) in [7, 11) is 0. The molecule has 0 fully saturated rings. The van der Waals surface area contributed by atoms with E-state index < -0.39 is 0 Å². The van der Waals surface area contributed by atoms with Crippen LogP contribution in [0.4, 0.5) is 0 Å². The van der Waals surface area contributed by atoms with Gasteiger partial charge >= 0.3 is 0 Å². The molecule has 1 aromatic heterocycles. The van der Waals surface area contributed by atoms with Gasteiger partial charge in [0.25, 0.3) is 0 Å². The quantitative estimate of drug-likeness (QED) is 0.799. The summed E-state index contributed by atoms with van der Waals surface area (Å²) in [6.07, 6.45) is 0. The van der Waals surface area contributed by atoms with E-state index in [2.05, 4.69) is 29.8 Å². The van der Waals surface area contributed by atoms with Crippen LogP contribution in [0, 0.1) is 5.92 Å². The Morgan fingerprint density at radius 2 is 1.94 bits per heavy atom. The second-order valence-corrected chi connectivity index (χ2v) is 4.72. The fraction of sp³-hybridized carbons (Fsp3) is 0.231. The maximum Gasteiger partial charge on any atom is 0.173 e. The number of benzene rings is 1. The second kappa shape index (κ2) is 4.58. The van der Waals surface area contributed by atoms with Crippen LogP contribution in [-0.2, 0) is 0 Å². The Morgan fingerprint density at radius 1 is 1.25 bits per heavy atom. The van der Waals surface area contributed by atoms with Crippen LogP contribution in [0.1, 0.15) is 18.9 Å². The molecule has 0 amide bonds. The van der Waals surface area contributed by atoms with Gasteiger partial charge in [-0.15, -0.1) is 0 Å². The average molecular weight is 230 g/mol. The zero-order valence-corrected chi connectivity index (χ0v) is 10.3. The van der Waals surface area contributed by atoms with E-state index >= 15 is 0 Å². The Balaban J connectivity index is 2.30. The molecule has 0 aliphatic carbocycles. The van der Waals surface area contributed by atoms with Gasteiger partial charge in [0, 0.05) is 5.56 Å². The third-order valence-electron chi connectivity index (χ3n) is 2.43. The first-order valence-corrected chi connectivity index (χ1v) is 6.04. The highest BCUT2D eigenvalue weighted by molar-refractivity contribution is 7.06. The summed E-state index contributed by atoms with van der Waals surface area (Å²) in [5.41, 5.74) is 2.11. The Kier molecular flexibility index (Phi) is 3.15. The molecule has 0 saturated heterocycles. The van der Waals surface area contributed by atoms with E-state index in [1.807, 2.05) is 30.3 Å². The number of aromatic nitrogens is 2. The van der Waals surface area contributed by atoms with Gasteiger partial charge in [-0.3, -0.25) is 0 Å². The van der Waals surface area contributed by atoms with Crippen molar-refractivity contribution in [2.45, 2.75) is 13.8 Å². The van der Waals surface area contributed by atoms with Crippen molar-refractivity contribution in [1.29, 1.82) is 0 Å². The van der Waals surface area contributed by atoms with E-state index in [4.69, 9.17) is 0 Å². The minimum absolute atomic E-state index is 0.413. The highest BCUT2D eigenvalue weighted by atomic mass is 32.1. The summed E-state index contributed by atoms with van der Waals surface area (Å²) in [5.74, 6) is 1.21. The lowest BCUT2D eigenvalue weighted by Gasteiger charge is -2.03. The molecule has 0 atom stereocenters. The van der Waals surface area contributed by atoms with Crippen LogP contribution in [0.15, 0.2) is 36.9 Å². The summed E-state index contributed by atoms with van der Waals surface area (Å²) >= 11 is 1.42. The Morgan fingerprint density at radius 3 is 2.56 bits per heavy atom. The summed E-state index contributed by atoms with van der Waals surface area (Å²) in [6, 6.07) is 10.0. The lowest BCUT2D eigenvalue weighted by Crippen LogP contribution is -1.90. The molecule has 0 N–H and O–H groups in total. The molecule has 2 rings (SSSR count). The number of hydrogen-bond donors (Lipinski definition) is 0. The topological polar surface area (TPSA) is 25.8 Å². The van der Waals surface area contributed by atoms with Crippen molar-refractivity contribution in [2.75, 3.05) is 0 Å². The average Bonchev–Trinajstić information content (AvgIpc) is 2.78. The Labute approximate surface area is 99.8 Å². The maximum absolute atomic E-state index is 4.51. The summed E-state index contributed by atoms with van der Waals surface area (Å²) < 4.78 is 4.36. The van der Waals surface area contributed by atoms with Crippen molar-refractivity contribution < 1.29 is 0 Å². The molecule has 16 heavy (non-hydrogen) atoms. The molecule has 0 unspecified atom stereocenters. The highest BCUT2D eigenvalue weighted by Gasteiger charge is 2.10. The van der Waals surface area contributed by atoms with Crippen LogP contribution in [0.25, 0.3) is 17.0 Å². The lowest BCUT2D eigenvalue weighted by molar-refractivity contribution is 0.856. The van der Waals surface area contributed by atoms with Gasteiger partial charge in [-0.05, 0) is 23.0 Å². The predicted molar refractivity (Wildman–Crippen MR) is 69.2 cm³/mol. The van der Waals surface area contributed by atoms with Gasteiger partial charge in [-0.25, -0.2) is 4.98 Å². The molecule has 2 nitrogen and oxygen atoms in total. The van der Waals surface area contributed by atoms with Gasteiger partial charge in [-0.2, -0.15) is 4.37 Å². The van der Waals surface area contributed by atoms with Crippen LogP contribution >= 0.6 is 11.5 Å². The minimum Gasteiger partial charge on any atom is -0.215 e. The van der Waals surface area contributed by atoms with Gasteiger partial charge < -0.3 is 0 Å². The second-order valence-electron chi connectivity index (χ2n) is 3.97. The van der Waals surface area contributed by atoms with Gasteiger partial charge in [0.05, 0.1) is 0 Å². The Hall–Kier alpha value is -1.48. The molecule has 0 radical (unpaired) electrons. The van der Waals surface area contributed by atoms with Crippen molar-refractivity contribution in [2.24, 2.45) is 5.92 Å². The maximum atomic E-state index is 4.51. The van der Waals surface area contributed by atoms with Crippen molar-refractivity contribution in [3.63, 3.8) is 0 Å². The fourth-order valence-electron chi connectivity index (χ4n) is 1.31. The van der Waals surface area contributed by atoms with E-state index in [0.29, 0.717) is 5.92 Å². The molecular formula is C13H14N2S. The molecule has 2 aromatic rings. The zero-order chi connectivity index (χ0) is 11.5. The van der Waals surface area contributed by atoms with Crippen LogP contribution in [-0.4, -0.2) is 9.36 Å². The predicted octanol–water partition coefficient (Wildman–Crippen LogP) is 3.87. The first-order chi connectivity index (χ1) is 7.68. The number of rotatable bonds is 3. The summed E-state index contributed by atoms with van der Waals surface area (Å²) in [5, 5.41) is 0.939. The first kappa shape index (κ1) is 11.0. The molecule has 0 saturated carbocycles. The van der Waals surface area contributed by atoms with Gasteiger partial charge in [-0.1, -0.05) is 50.8 Å². The molecule has 0 aliphatic heterocycles. The zero-order valence-electron chi connectivity index (χ0n) is 9.47. The van der Waals surface area contributed by atoms with E-state index in [9.17, 15) is 0 Å². The van der Waals surface area contributed by atoms with Crippen molar-refractivity contribution in [1.82, 2.24) is 9.36 Å². The number of nitrogens with zero attached hydrogens (tertiary/aromatic N) is 2. The highest BCUT2D eigenvalue weighted by Crippen LogP contribution is 2.25. The Bertz CT molecular complexity index is 486. The molecule has 82 valence electrons. The summed E-state index contributed by atoms with van der Waals surface area (Å²) in [4.78, 5) is 4.51. The molecule has 0 spiro atoms. The molecule has 0 bridgehead atoms. The normalized spacial score (nSPS) is 10.7. The smallest absolute Gasteiger partial charge is 0.173 e. The van der Waals surface area contributed by atoms with E-state index in [1.54, 1.807) is 0 Å². The third-order valence-corrected chi connectivity index (χ3v) is 3.22. The monoisotopic (exact) mass is 230 g/mol. The van der Waals surface area contributed by atoms with Gasteiger partial charge in [0.2, 0.25) is 0 Å². The van der Waals surface area contributed by atoms with Crippen LogP contribution < -0.4 is 0 Å². The van der Waals surface area contributed by atoms with Crippen LogP contribution in [0.5, 0.6) is 0 Å².